The molecule has 1 heterocycles. The van der Waals surface area contributed by atoms with E-state index in [0.29, 0.717) is 34.4 Å². The van der Waals surface area contributed by atoms with Crippen LogP contribution in [0.3, 0.4) is 0 Å². The summed E-state index contributed by atoms with van der Waals surface area (Å²) < 4.78 is 10.9. The van der Waals surface area contributed by atoms with E-state index in [1.807, 2.05) is 36.4 Å². The molecule has 3 aromatic rings. The van der Waals surface area contributed by atoms with E-state index in [1.54, 1.807) is 0 Å². The molecular formula is C24H23Cl2N3O3. The number of primary amides is 1. The number of nitrogens with two attached hydrogens (primary N) is 1. The molecule has 2 aromatic carbocycles. The van der Waals surface area contributed by atoms with Crippen molar-refractivity contribution < 1.29 is 13.9 Å². The molecule has 0 atom stereocenters. The van der Waals surface area contributed by atoms with E-state index in [4.69, 9.17) is 38.1 Å². The molecule has 2 N–H and O–H groups in total. The van der Waals surface area contributed by atoms with E-state index in [9.17, 15) is 10.1 Å². The van der Waals surface area contributed by atoms with E-state index in [2.05, 4.69) is 24.9 Å². The number of carbonyl (C=O) groups is 1. The minimum Gasteiger partial charge on any atom is -0.486 e. The molecule has 0 fully saturated rings. The van der Waals surface area contributed by atoms with Crippen molar-refractivity contribution in [3.8, 4) is 11.8 Å². The van der Waals surface area contributed by atoms with Crippen molar-refractivity contribution in [2.24, 2.45) is 5.73 Å². The van der Waals surface area contributed by atoms with E-state index in [0.717, 1.165) is 23.1 Å². The maximum absolute atomic E-state index is 11.1. The second-order valence-electron chi connectivity index (χ2n) is 7.82. The first-order chi connectivity index (χ1) is 15.3. The Morgan fingerprint density at radius 1 is 1.25 bits per heavy atom. The predicted octanol–water partition coefficient (Wildman–Crippen LogP) is 5.37. The summed E-state index contributed by atoms with van der Waals surface area (Å²) in [5, 5.41) is 10.2. The maximum Gasteiger partial charge on any atom is 0.304 e. The Labute approximate surface area is 196 Å². The fourth-order valence-electron chi connectivity index (χ4n) is 3.37. The van der Waals surface area contributed by atoms with Crippen LogP contribution in [0.15, 0.2) is 47.0 Å². The average Bonchev–Trinajstić information content (AvgIpc) is 3.26. The van der Waals surface area contributed by atoms with Gasteiger partial charge < -0.3 is 14.9 Å². The van der Waals surface area contributed by atoms with E-state index in [-0.39, 0.29) is 17.9 Å². The van der Waals surface area contributed by atoms with Crippen LogP contribution in [0.4, 0.5) is 0 Å². The van der Waals surface area contributed by atoms with E-state index < -0.39 is 5.91 Å². The minimum atomic E-state index is -0.727. The molecule has 1 amide bonds. The highest BCUT2D eigenvalue weighted by Gasteiger charge is 2.25. The predicted molar refractivity (Wildman–Crippen MR) is 123 cm³/mol. The van der Waals surface area contributed by atoms with Crippen molar-refractivity contribution in [1.82, 2.24) is 4.98 Å². The second kappa shape index (κ2) is 10.1. The first-order valence-electron chi connectivity index (χ1n) is 10.0. The number of rotatable bonds is 9. The fourth-order valence-corrected chi connectivity index (χ4v) is 3.82. The molecule has 1 aromatic heterocycles. The summed E-state index contributed by atoms with van der Waals surface area (Å²) in [5.41, 5.74) is 8.14. The monoisotopic (exact) mass is 471 g/mol. The molecule has 32 heavy (non-hydrogen) atoms. The molecule has 0 aliphatic carbocycles. The van der Waals surface area contributed by atoms with Crippen LogP contribution in [0.1, 0.15) is 59.0 Å². The average molecular weight is 472 g/mol. The van der Waals surface area contributed by atoms with Crippen LogP contribution in [0, 0.1) is 11.3 Å². The Morgan fingerprint density at radius 2 is 1.97 bits per heavy atom. The molecule has 6 nitrogen and oxygen atoms in total. The van der Waals surface area contributed by atoms with Gasteiger partial charge in [0.05, 0.1) is 17.8 Å². The first-order valence-corrected chi connectivity index (χ1v) is 10.9. The number of halogens is 2. The minimum absolute atomic E-state index is 0.119. The highest BCUT2D eigenvalue weighted by atomic mass is 35.5. The Morgan fingerprint density at radius 3 is 2.56 bits per heavy atom. The summed E-state index contributed by atoms with van der Waals surface area (Å²) in [6.07, 6.45) is 2.84. The van der Waals surface area contributed by atoms with Crippen LogP contribution >= 0.6 is 23.2 Å². The van der Waals surface area contributed by atoms with Gasteiger partial charge in [-0.1, -0.05) is 37.6 Å². The molecule has 0 saturated carbocycles. The van der Waals surface area contributed by atoms with Crippen molar-refractivity contribution in [3.05, 3.63) is 81.5 Å². The van der Waals surface area contributed by atoms with Gasteiger partial charge in [0.1, 0.15) is 12.4 Å². The molecule has 8 heteroatoms. The standard InChI is InChI=1S/C24H23Cl2N3O3/c1-24(2,17-10-15(12-27)20(4-3-9-25)21(26)11-17)16-5-7-18(8-6-16)31-14-19-13-29-23(32-19)22(28)30/h5-8,10-11,13H,3-4,9,14H2,1-2H3,(H2,28,30). The topological polar surface area (TPSA) is 102 Å². The van der Waals surface area contributed by atoms with Crippen LogP contribution in [0.2, 0.25) is 5.02 Å². The van der Waals surface area contributed by atoms with Gasteiger partial charge in [-0.25, -0.2) is 4.98 Å². The zero-order valence-electron chi connectivity index (χ0n) is 17.8. The number of alkyl halides is 1. The normalized spacial score (nSPS) is 11.2. The summed E-state index contributed by atoms with van der Waals surface area (Å²) in [7, 11) is 0. The Bertz CT molecular complexity index is 1150. The third kappa shape index (κ3) is 5.24. The molecule has 0 spiro atoms. The van der Waals surface area contributed by atoms with Crippen LogP contribution in [-0.2, 0) is 18.4 Å². The number of ether oxygens (including phenoxy) is 1. The number of nitriles is 1. The SMILES string of the molecule is CC(C)(c1ccc(OCc2cnc(C(N)=O)o2)cc1)c1cc(Cl)c(CCCCl)c(C#N)c1. The fraction of sp³-hybridized carbons (Fsp3) is 0.292. The maximum atomic E-state index is 11.1. The smallest absolute Gasteiger partial charge is 0.304 e. The quantitative estimate of drug-likeness (QED) is 0.422. The third-order valence-corrected chi connectivity index (χ3v) is 5.92. The van der Waals surface area contributed by atoms with Gasteiger partial charge in [-0.3, -0.25) is 4.79 Å². The number of aromatic nitrogens is 1. The summed E-state index contributed by atoms with van der Waals surface area (Å²) in [6.45, 7) is 4.27. The summed E-state index contributed by atoms with van der Waals surface area (Å²) >= 11 is 12.3. The largest absolute Gasteiger partial charge is 0.486 e. The number of oxazole rings is 1. The number of amides is 1. The van der Waals surface area contributed by atoms with Crippen molar-refractivity contribution in [2.75, 3.05) is 5.88 Å². The van der Waals surface area contributed by atoms with E-state index in [1.165, 1.54) is 6.20 Å². The zero-order chi connectivity index (χ0) is 23.3. The van der Waals surface area contributed by atoms with Crippen molar-refractivity contribution in [1.29, 1.82) is 5.26 Å². The highest BCUT2D eigenvalue weighted by molar-refractivity contribution is 6.31. The van der Waals surface area contributed by atoms with Gasteiger partial charge in [-0.15, -0.1) is 11.6 Å². The lowest BCUT2D eigenvalue weighted by Crippen LogP contribution is -2.19. The second-order valence-corrected chi connectivity index (χ2v) is 8.61. The molecule has 0 saturated heterocycles. The molecule has 0 unspecified atom stereocenters. The Kier molecular flexibility index (Phi) is 7.44. The lowest BCUT2D eigenvalue weighted by molar-refractivity contribution is 0.0963. The zero-order valence-corrected chi connectivity index (χ0v) is 19.3. The van der Waals surface area contributed by atoms with Gasteiger partial charge in [-0.2, -0.15) is 5.26 Å². The van der Waals surface area contributed by atoms with Gasteiger partial charge in [-0.05, 0) is 53.8 Å². The van der Waals surface area contributed by atoms with Gasteiger partial charge in [0.25, 0.3) is 5.89 Å². The lowest BCUT2D eigenvalue weighted by Gasteiger charge is -2.27. The van der Waals surface area contributed by atoms with Crippen LogP contribution in [0.5, 0.6) is 5.75 Å². The van der Waals surface area contributed by atoms with Crippen LogP contribution in [0.25, 0.3) is 0 Å². The number of benzene rings is 2. The van der Waals surface area contributed by atoms with Gasteiger partial charge >= 0.3 is 5.91 Å². The van der Waals surface area contributed by atoms with Gasteiger partial charge in [0.15, 0.2) is 5.76 Å². The number of hydrogen-bond acceptors (Lipinski definition) is 5. The molecule has 0 aliphatic heterocycles. The van der Waals surface area contributed by atoms with Gasteiger partial charge in [0.2, 0.25) is 0 Å². The number of carbonyl (C=O) groups excluding carboxylic acids is 1. The van der Waals surface area contributed by atoms with Crippen molar-refractivity contribution >= 4 is 29.1 Å². The molecule has 3 rings (SSSR count). The third-order valence-electron chi connectivity index (χ3n) is 5.32. The molecule has 0 radical (unpaired) electrons. The van der Waals surface area contributed by atoms with Crippen LogP contribution < -0.4 is 10.5 Å². The number of hydrogen-bond donors (Lipinski definition) is 1. The highest BCUT2D eigenvalue weighted by Crippen LogP contribution is 2.36. The summed E-state index contributed by atoms with van der Waals surface area (Å²) in [4.78, 5) is 14.8. The Hall–Kier alpha value is -3.01. The van der Waals surface area contributed by atoms with E-state index >= 15 is 0 Å². The molecule has 0 aliphatic rings. The van der Waals surface area contributed by atoms with Crippen LogP contribution in [-0.4, -0.2) is 16.8 Å². The molecule has 0 bridgehead atoms. The van der Waals surface area contributed by atoms with Crippen molar-refractivity contribution in [2.45, 2.75) is 38.7 Å². The molecule has 166 valence electrons. The Balaban J connectivity index is 1.77. The lowest BCUT2D eigenvalue weighted by atomic mass is 9.77. The first kappa shape index (κ1) is 23.6. The van der Waals surface area contributed by atoms with Crippen molar-refractivity contribution in [3.63, 3.8) is 0 Å². The van der Waals surface area contributed by atoms with Gasteiger partial charge in [0, 0.05) is 16.3 Å². The summed E-state index contributed by atoms with van der Waals surface area (Å²) in [6, 6.07) is 13.7. The summed E-state index contributed by atoms with van der Waals surface area (Å²) in [5.74, 6) is 0.676. The molecular weight excluding hydrogens is 449 g/mol. The number of nitrogens with zero attached hydrogens (tertiary/aromatic N) is 2.